The van der Waals surface area contributed by atoms with Crippen LogP contribution in [-0.2, 0) is 0 Å². The van der Waals surface area contributed by atoms with Crippen molar-refractivity contribution < 1.29 is 0 Å². The van der Waals surface area contributed by atoms with E-state index in [-0.39, 0.29) is 0 Å². The maximum atomic E-state index is 9.80. The summed E-state index contributed by atoms with van der Waals surface area (Å²) in [6.07, 6.45) is 1.86. The predicted molar refractivity (Wildman–Crippen MR) is 222 cm³/mol. The van der Waals surface area contributed by atoms with Crippen LogP contribution in [0.5, 0.6) is 0 Å². The molecule has 0 aliphatic heterocycles. The van der Waals surface area contributed by atoms with Crippen LogP contribution in [0.1, 0.15) is 11.1 Å². The Morgan fingerprint density at radius 2 is 0.944 bits per heavy atom. The molecular formula is C49H31N5. The molecule has 0 radical (unpaired) electrons. The van der Waals surface area contributed by atoms with Crippen LogP contribution < -0.4 is 0 Å². The second kappa shape index (κ2) is 11.5. The Labute approximate surface area is 310 Å². The van der Waals surface area contributed by atoms with Crippen LogP contribution in [0.15, 0.2) is 170 Å². The minimum Gasteiger partial charge on any atom is -0.309 e. The molecule has 252 valence electrons. The van der Waals surface area contributed by atoms with E-state index in [1.807, 2.05) is 24.4 Å². The minimum absolute atomic E-state index is 0.648. The molecule has 0 bridgehead atoms. The topological polar surface area (TPSA) is 51.5 Å². The lowest BCUT2D eigenvalue weighted by molar-refractivity contribution is 1.11. The van der Waals surface area contributed by atoms with Gasteiger partial charge < -0.3 is 13.7 Å². The third-order valence-corrected chi connectivity index (χ3v) is 11.1. The molecule has 11 aromatic rings. The summed E-state index contributed by atoms with van der Waals surface area (Å²) in [5, 5.41) is 16.8. The monoisotopic (exact) mass is 689 g/mol. The fraction of sp³-hybridized carbons (Fsp3) is 0.0204. The number of fused-ring (bicyclic) bond motifs is 9. The van der Waals surface area contributed by atoms with Crippen molar-refractivity contribution >= 4 is 65.4 Å². The Morgan fingerprint density at radius 3 is 1.56 bits per heavy atom. The summed E-state index contributed by atoms with van der Waals surface area (Å²) in [5.74, 6) is 0. The number of aromatic nitrogens is 4. The predicted octanol–water partition coefficient (Wildman–Crippen LogP) is 12.2. The average molecular weight is 690 g/mol. The molecule has 0 saturated heterocycles. The van der Waals surface area contributed by atoms with Gasteiger partial charge in [-0.1, -0.05) is 78.9 Å². The molecule has 5 nitrogen and oxygen atoms in total. The zero-order valence-electron chi connectivity index (χ0n) is 29.4. The fourth-order valence-electron chi connectivity index (χ4n) is 8.71. The lowest BCUT2D eigenvalue weighted by Gasteiger charge is -2.19. The maximum absolute atomic E-state index is 9.80. The van der Waals surface area contributed by atoms with Gasteiger partial charge in [-0.05, 0) is 97.4 Å². The first-order chi connectivity index (χ1) is 26.7. The molecule has 0 spiro atoms. The standard InChI is InChI=1S/C49H31N5/c1-31-39(42-16-10-11-25-51-42)28-34(53-45-19-8-4-14-37(45)40-26-32(30-50)21-23-47(40)53)29-49(31)54-46-20-9-5-15-38(46)41-27-33(22-24-48(41)54)52-43-17-6-2-12-35(43)36-13-3-7-18-44(36)52/h2-29H,1H3. The highest BCUT2D eigenvalue weighted by molar-refractivity contribution is 6.13. The van der Waals surface area contributed by atoms with E-state index in [1.165, 1.54) is 32.6 Å². The van der Waals surface area contributed by atoms with Crippen LogP contribution in [0.3, 0.4) is 0 Å². The Kier molecular flexibility index (Phi) is 6.46. The number of hydrogen-bond acceptors (Lipinski definition) is 2. The normalized spacial score (nSPS) is 11.8. The molecule has 4 aromatic heterocycles. The van der Waals surface area contributed by atoms with E-state index in [1.54, 1.807) is 0 Å². The molecule has 0 unspecified atom stereocenters. The smallest absolute Gasteiger partial charge is 0.0991 e. The maximum Gasteiger partial charge on any atom is 0.0991 e. The van der Waals surface area contributed by atoms with Crippen molar-refractivity contribution in [2.75, 3.05) is 0 Å². The van der Waals surface area contributed by atoms with E-state index in [2.05, 4.69) is 172 Å². The van der Waals surface area contributed by atoms with Gasteiger partial charge in [-0.3, -0.25) is 4.98 Å². The van der Waals surface area contributed by atoms with Crippen molar-refractivity contribution in [2.24, 2.45) is 0 Å². The Bertz CT molecular complexity index is 3300. The average Bonchev–Trinajstić information content (AvgIpc) is 3.86. The van der Waals surface area contributed by atoms with Gasteiger partial charge >= 0.3 is 0 Å². The number of pyridine rings is 1. The molecule has 4 heterocycles. The van der Waals surface area contributed by atoms with Crippen LogP contribution in [0.2, 0.25) is 0 Å². The third kappa shape index (κ3) is 4.28. The van der Waals surface area contributed by atoms with Crippen LogP contribution >= 0.6 is 0 Å². The lowest BCUT2D eigenvalue weighted by atomic mass is 10.0. The summed E-state index contributed by atoms with van der Waals surface area (Å²) < 4.78 is 7.14. The Morgan fingerprint density at radius 1 is 0.444 bits per heavy atom. The summed E-state index contributed by atoms with van der Waals surface area (Å²) in [4.78, 5) is 4.86. The molecule has 5 heteroatoms. The Hall–Kier alpha value is -7.42. The van der Waals surface area contributed by atoms with E-state index in [0.29, 0.717) is 5.56 Å². The van der Waals surface area contributed by atoms with Gasteiger partial charge in [0.15, 0.2) is 0 Å². The first-order valence-corrected chi connectivity index (χ1v) is 18.2. The number of para-hydroxylation sites is 4. The first-order valence-electron chi connectivity index (χ1n) is 18.2. The number of nitriles is 1. The largest absolute Gasteiger partial charge is 0.309 e. The highest BCUT2D eigenvalue weighted by atomic mass is 15.0. The highest BCUT2D eigenvalue weighted by Gasteiger charge is 2.21. The Balaban J connectivity index is 1.22. The van der Waals surface area contributed by atoms with Crippen LogP contribution in [-0.4, -0.2) is 18.7 Å². The van der Waals surface area contributed by atoms with Gasteiger partial charge in [-0.2, -0.15) is 5.26 Å². The van der Waals surface area contributed by atoms with Gasteiger partial charge in [-0.15, -0.1) is 0 Å². The molecule has 0 atom stereocenters. The summed E-state index contributed by atoms with van der Waals surface area (Å²) in [7, 11) is 0. The van der Waals surface area contributed by atoms with E-state index in [4.69, 9.17) is 4.98 Å². The number of hydrogen-bond donors (Lipinski definition) is 0. The molecule has 0 fully saturated rings. The van der Waals surface area contributed by atoms with E-state index >= 15 is 0 Å². The van der Waals surface area contributed by atoms with E-state index < -0.39 is 0 Å². The fourth-order valence-corrected chi connectivity index (χ4v) is 8.71. The molecule has 0 amide bonds. The second-order valence-corrected chi connectivity index (χ2v) is 14.0. The van der Waals surface area contributed by atoms with E-state index in [0.717, 1.165) is 66.7 Å². The SMILES string of the molecule is Cc1c(-c2ccccn2)cc(-n2c3ccccc3c3cc(C#N)ccc32)cc1-n1c2ccccc2c2cc(-n3c4ccccc4c4ccccc43)ccc21. The number of rotatable bonds is 4. The van der Waals surface area contributed by atoms with Gasteiger partial charge in [0.1, 0.15) is 0 Å². The van der Waals surface area contributed by atoms with Gasteiger partial charge in [0.05, 0.1) is 56.1 Å². The molecule has 0 aliphatic carbocycles. The zero-order chi connectivity index (χ0) is 35.9. The minimum atomic E-state index is 0.648. The molecule has 0 N–H and O–H groups in total. The van der Waals surface area contributed by atoms with Crippen molar-refractivity contribution in [3.8, 4) is 34.4 Å². The molecule has 0 saturated carbocycles. The highest BCUT2D eigenvalue weighted by Crippen LogP contribution is 2.41. The van der Waals surface area contributed by atoms with Crippen molar-refractivity contribution in [1.29, 1.82) is 5.26 Å². The van der Waals surface area contributed by atoms with E-state index in [9.17, 15) is 5.26 Å². The van der Waals surface area contributed by atoms with Crippen molar-refractivity contribution in [2.45, 2.75) is 6.92 Å². The molecule has 7 aromatic carbocycles. The zero-order valence-corrected chi connectivity index (χ0v) is 29.4. The summed E-state index contributed by atoms with van der Waals surface area (Å²) in [6.45, 7) is 2.21. The molecule has 0 aliphatic rings. The summed E-state index contributed by atoms with van der Waals surface area (Å²) in [6, 6.07) is 60.4. The van der Waals surface area contributed by atoms with Crippen LogP contribution in [0, 0.1) is 18.3 Å². The van der Waals surface area contributed by atoms with Crippen LogP contribution in [0.25, 0.3) is 93.7 Å². The molecule has 11 rings (SSSR count). The second-order valence-electron chi connectivity index (χ2n) is 14.0. The number of nitrogens with zero attached hydrogens (tertiary/aromatic N) is 5. The van der Waals surface area contributed by atoms with Gasteiger partial charge in [-0.25, -0.2) is 0 Å². The summed E-state index contributed by atoms with van der Waals surface area (Å²) >= 11 is 0. The van der Waals surface area contributed by atoms with Gasteiger partial charge in [0.25, 0.3) is 0 Å². The lowest BCUT2D eigenvalue weighted by Crippen LogP contribution is -2.04. The molecular weight excluding hydrogens is 659 g/mol. The van der Waals surface area contributed by atoms with Crippen molar-refractivity contribution in [3.63, 3.8) is 0 Å². The number of benzene rings is 7. The van der Waals surface area contributed by atoms with Gasteiger partial charge in [0.2, 0.25) is 0 Å². The van der Waals surface area contributed by atoms with Crippen molar-refractivity contribution in [1.82, 2.24) is 18.7 Å². The first kappa shape index (κ1) is 30.2. The molecule has 54 heavy (non-hydrogen) atoms. The van der Waals surface area contributed by atoms with Gasteiger partial charge in [0, 0.05) is 55.5 Å². The quantitative estimate of drug-likeness (QED) is 0.185. The summed E-state index contributed by atoms with van der Waals surface area (Å²) in [5.41, 5.74) is 13.8. The van der Waals surface area contributed by atoms with Crippen molar-refractivity contribution in [3.05, 3.63) is 181 Å². The third-order valence-electron chi connectivity index (χ3n) is 11.1. The van der Waals surface area contributed by atoms with Crippen LogP contribution in [0.4, 0.5) is 0 Å².